The SMILES string of the molecule is CCCCCCCCCCCCCC(=O)O[C@@H]1[C@@H](C)[C@@]2(O)[C@@H](C=C(CO)C[C@@]3(O)C(=O)C(C)=C[C@@H]23)[C@H]2C(C)(C)[C@]12OC(C)=O. The van der Waals surface area contributed by atoms with Crippen LogP contribution >= 0.6 is 0 Å². The summed E-state index contributed by atoms with van der Waals surface area (Å²) >= 11 is 0. The maximum atomic E-state index is 13.3. The number of fused-ring (bicyclic) bond motifs is 5. The van der Waals surface area contributed by atoms with Gasteiger partial charge in [-0.25, -0.2) is 0 Å². The zero-order valence-corrected chi connectivity index (χ0v) is 27.8. The summed E-state index contributed by atoms with van der Waals surface area (Å²) in [5.74, 6) is -4.29. The van der Waals surface area contributed by atoms with Crippen LogP contribution in [-0.2, 0) is 23.9 Å². The Bertz CT molecular complexity index is 1150. The molecule has 0 spiro atoms. The molecule has 0 aromatic carbocycles. The lowest BCUT2D eigenvalue weighted by molar-refractivity contribution is -0.228. The first-order valence-electron chi connectivity index (χ1n) is 17.1. The second-order valence-electron chi connectivity index (χ2n) is 14.7. The van der Waals surface area contributed by atoms with Gasteiger partial charge in [-0.15, -0.1) is 0 Å². The Labute approximate surface area is 263 Å². The molecule has 0 heterocycles. The van der Waals surface area contributed by atoms with E-state index in [0.717, 1.165) is 19.3 Å². The first kappa shape index (κ1) is 34.8. The van der Waals surface area contributed by atoms with Crippen LogP contribution in [0.4, 0.5) is 0 Å². The molecule has 0 saturated heterocycles. The van der Waals surface area contributed by atoms with E-state index in [4.69, 9.17) is 9.47 Å². The molecule has 4 rings (SSSR count). The molecule has 4 aliphatic carbocycles. The third-order valence-corrected chi connectivity index (χ3v) is 11.5. The van der Waals surface area contributed by atoms with Crippen molar-refractivity contribution in [3.8, 4) is 0 Å². The molecule has 4 aliphatic rings. The van der Waals surface area contributed by atoms with Gasteiger partial charge in [0.1, 0.15) is 11.7 Å². The molecule has 0 aromatic rings. The Hall–Kier alpha value is -2.03. The van der Waals surface area contributed by atoms with E-state index in [2.05, 4.69) is 6.92 Å². The van der Waals surface area contributed by atoms with Crippen molar-refractivity contribution in [2.75, 3.05) is 6.61 Å². The first-order chi connectivity index (χ1) is 20.7. The van der Waals surface area contributed by atoms with Crippen molar-refractivity contribution >= 4 is 17.7 Å². The van der Waals surface area contributed by atoms with Gasteiger partial charge < -0.3 is 24.8 Å². The van der Waals surface area contributed by atoms with Gasteiger partial charge in [-0.2, -0.15) is 0 Å². The van der Waals surface area contributed by atoms with Crippen molar-refractivity contribution in [2.45, 2.75) is 148 Å². The monoisotopic (exact) mass is 616 g/mol. The lowest BCUT2D eigenvalue weighted by Gasteiger charge is -2.53. The molecule has 248 valence electrons. The minimum Gasteiger partial charge on any atom is -0.458 e. The van der Waals surface area contributed by atoms with Crippen molar-refractivity contribution in [3.05, 3.63) is 23.3 Å². The predicted octanol–water partition coefficient (Wildman–Crippen LogP) is 5.75. The fourth-order valence-electron chi connectivity index (χ4n) is 9.20. The molecule has 3 N–H and O–H groups in total. The van der Waals surface area contributed by atoms with Gasteiger partial charge in [0.2, 0.25) is 0 Å². The topological polar surface area (TPSA) is 130 Å². The van der Waals surface area contributed by atoms with Gasteiger partial charge in [0.05, 0.1) is 12.2 Å². The molecule has 44 heavy (non-hydrogen) atoms. The van der Waals surface area contributed by atoms with Crippen LogP contribution in [-0.4, -0.2) is 62.6 Å². The van der Waals surface area contributed by atoms with Crippen molar-refractivity contribution in [1.82, 2.24) is 0 Å². The summed E-state index contributed by atoms with van der Waals surface area (Å²) in [5.41, 5.74) is -4.71. The average molecular weight is 617 g/mol. The van der Waals surface area contributed by atoms with E-state index in [1.807, 2.05) is 13.8 Å². The molecule has 0 amide bonds. The molecule has 0 radical (unpaired) electrons. The van der Waals surface area contributed by atoms with Crippen molar-refractivity contribution in [2.24, 2.45) is 29.1 Å². The number of esters is 2. The maximum absolute atomic E-state index is 13.3. The Morgan fingerprint density at radius 1 is 0.955 bits per heavy atom. The van der Waals surface area contributed by atoms with E-state index in [1.54, 1.807) is 26.0 Å². The summed E-state index contributed by atoms with van der Waals surface area (Å²) in [5, 5.41) is 34.8. The summed E-state index contributed by atoms with van der Waals surface area (Å²) in [4.78, 5) is 39.1. The van der Waals surface area contributed by atoms with Crippen molar-refractivity contribution in [1.29, 1.82) is 0 Å². The van der Waals surface area contributed by atoms with E-state index >= 15 is 0 Å². The van der Waals surface area contributed by atoms with Crippen LogP contribution in [0.2, 0.25) is 0 Å². The third kappa shape index (κ3) is 5.84. The minimum absolute atomic E-state index is 0.108. The molecule has 2 saturated carbocycles. The molecular weight excluding hydrogens is 560 g/mol. The van der Waals surface area contributed by atoms with Gasteiger partial charge in [-0.1, -0.05) is 104 Å². The second-order valence-corrected chi connectivity index (χ2v) is 14.7. The van der Waals surface area contributed by atoms with Crippen LogP contribution in [0.1, 0.15) is 125 Å². The fourth-order valence-corrected chi connectivity index (χ4v) is 9.20. The molecule has 8 atom stereocenters. The molecule has 8 nitrogen and oxygen atoms in total. The van der Waals surface area contributed by atoms with E-state index < -0.39 is 69.7 Å². The molecule has 0 aromatic heterocycles. The summed E-state index contributed by atoms with van der Waals surface area (Å²) in [6, 6.07) is 0. The third-order valence-electron chi connectivity index (χ3n) is 11.5. The molecule has 0 aliphatic heterocycles. The van der Waals surface area contributed by atoms with E-state index in [-0.39, 0.29) is 19.4 Å². The summed E-state index contributed by atoms with van der Waals surface area (Å²) in [7, 11) is 0. The molecule has 0 unspecified atom stereocenters. The highest BCUT2D eigenvalue weighted by molar-refractivity contribution is 6.04. The van der Waals surface area contributed by atoms with Crippen LogP contribution in [0.25, 0.3) is 0 Å². The van der Waals surface area contributed by atoms with E-state index in [0.29, 0.717) is 17.6 Å². The molecular formula is C36H56O8. The average Bonchev–Trinajstić information content (AvgIpc) is 3.38. The van der Waals surface area contributed by atoms with Gasteiger partial charge in [0.15, 0.2) is 11.4 Å². The van der Waals surface area contributed by atoms with Gasteiger partial charge in [0, 0.05) is 48.9 Å². The number of hydrogen-bond acceptors (Lipinski definition) is 8. The fraction of sp³-hybridized carbons (Fsp3) is 0.806. The Morgan fingerprint density at radius 2 is 1.52 bits per heavy atom. The number of carbonyl (C=O) groups excluding carboxylic acids is 3. The van der Waals surface area contributed by atoms with Crippen LogP contribution in [0.5, 0.6) is 0 Å². The lowest BCUT2D eigenvalue weighted by Crippen LogP contribution is -2.66. The first-order valence-corrected chi connectivity index (χ1v) is 17.1. The summed E-state index contributed by atoms with van der Waals surface area (Å²) in [6.45, 7) is 10.4. The molecule has 8 heteroatoms. The Balaban J connectivity index is 1.51. The number of aliphatic hydroxyl groups is 3. The van der Waals surface area contributed by atoms with Gasteiger partial charge in [-0.3, -0.25) is 14.4 Å². The number of Topliss-reactive ketones (excluding diaryl/α,β-unsaturated/α-hetero) is 1. The van der Waals surface area contributed by atoms with Crippen LogP contribution in [0.3, 0.4) is 0 Å². The lowest BCUT2D eigenvalue weighted by atomic mass is 9.59. The molecule has 2 fully saturated rings. The number of aliphatic hydroxyl groups excluding tert-OH is 1. The van der Waals surface area contributed by atoms with Gasteiger partial charge in [-0.05, 0) is 24.5 Å². The number of rotatable bonds is 15. The number of hydrogen-bond donors (Lipinski definition) is 3. The highest BCUT2D eigenvalue weighted by Crippen LogP contribution is 2.77. The van der Waals surface area contributed by atoms with E-state index in [1.165, 1.54) is 51.9 Å². The minimum atomic E-state index is -1.93. The van der Waals surface area contributed by atoms with Crippen LogP contribution in [0.15, 0.2) is 23.3 Å². The standard InChI is InChI=1S/C36H56O8/c1-7-8-9-10-11-12-13-14-15-16-17-18-29(39)43-32-24(3)35(42)27(30-33(5,6)36(30,32)44-25(4)38)20-26(22-37)21-34(41)28(35)19-23(2)31(34)40/h19-20,24,27-28,30,32,37,41-42H,7-18,21-22H2,1-6H3/t24-,27+,28-,30+,32-,34+,35-,36-/m1/s1. The number of unbranched alkanes of at least 4 members (excludes halogenated alkanes) is 10. The summed E-state index contributed by atoms with van der Waals surface area (Å²) < 4.78 is 12.3. The number of ketones is 1. The quantitative estimate of drug-likeness (QED) is 0.120. The number of ether oxygens (including phenoxy) is 2. The second kappa shape index (κ2) is 13.4. The largest absolute Gasteiger partial charge is 0.458 e. The zero-order valence-electron chi connectivity index (χ0n) is 27.8. The maximum Gasteiger partial charge on any atom is 0.306 e. The van der Waals surface area contributed by atoms with Crippen molar-refractivity contribution in [3.63, 3.8) is 0 Å². The van der Waals surface area contributed by atoms with Crippen molar-refractivity contribution < 1.29 is 39.2 Å². The Morgan fingerprint density at radius 3 is 2.07 bits per heavy atom. The van der Waals surface area contributed by atoms with Gasteiger partial charge >= 0.3 is 11.9 Å². The molecule has 0 bridgehead atoms. The smallest absolute Gasteiger partial charge is 0.306 e. The van der Waals surface area contributed by atoms with Crippen LogP contribution in [0, 0.1) is 29.1 Å². The summed E-state index contributed by atoms with van der Waals surface area (Å²) in [6.07, 6.45) is 15.4. The van der Waals surface area contributed by atoms with Gasteiger partial charge in [0.25, 0.3) is 0 Å². The zero-order chi connectivity index (χ0) is 32.5. The van der Waals surface area contributed by atoms with Crippen LogP contribution < -0.4 is 0 Å². The predicted molar refractivity (Wildman–Crippen MR) is 167 cm³/mol. The normalized spacial score (nSPS) is 36.8. The Kier molecular flexibility index (Phi) is 10.6. The number of carbonyl (C=O) groups is 3. The highest BCUT2D eigenvalue weighted by Gasteiger charge is 2.87. The van der Waals surface area contributed by atoms with E-state index in [9.17, 15) is 29.7 Å². The highest BCUT2D eigenvalue weighted by atomic mass is 16.6.